The van der Waals surface area contributed by atoms with Gasteiger partial charge in [0.2, 0.25) is 10.0 Å². The number of benzene rings is 2. The fraction of sp³-hybridized carbons (Fsp3) is 0.278. The molecule has 10 heteroatoms. The largest absolute Gasteiger partial charge is 0.493 e. The van der Waals surface area contributed by atoms with Gasteiger partial charge in [-0.1, -0.05) is 24.3 Å². The predicted molar refractivity (Wildman–Crippen MR) is 108 cm³/mol. The van der Waals surface area contributed by atoms with Gasteiger partial charge in [-0.15, -0.1) is 12.4 Å². The second kappa shape index (κ2) is 10.9. The monoisotopic (exact) mass is 429 g/mol. The zero-order valence-corrected chi connectivity index (χ0v) is 17.0. The van der Waals surface area contributed by atoms with Crippen molar-refractivity contribution in [2.24, 2.45) is 10.9 Å². The highest BCUT2D eigenvalue weighted by atomic mass is 35.5. The van der Waals surface area contributed by atoms with Gasteiger partial charge in [-0.25, -0.2) is 13.6 Å². The summed E-state index contributed by atoms with van der Waals surface area (Å²) in [5, 5.41) is 8.36. The van der Waals surface area contributed by atoms with Crippen LogP contribution in [0, 0.1) is 0 Å². The molecule has 28 heavy (non-hydrogen) atoms. The molecule has 0 aliphatic rings. The Hall–Kier alpha value is -2.33. The first kappa shape index (κ1) is 23.7. The van der Waals surface area contributed by atoms with E-state index in [9.17, 15) is 13.2 Å². The number of primary amides is 1. The molecule has 0 aliphatic heterocycles. The summed E-state index contributed by atoms with van der Waals surface area (Å²) in [6, 6.07) is 11.9. The quantitative estimate of drug-likeness (QED) is 0.481. The standard InChI is InChI=1S/C18H23N3O5S.ClH/c1-25-16-4-2-3-14(18(16)26-12-17(19)22)11-21-10-9-13-5-7-15(8-6-13)27(20,23)24;/h2-8,21H,9-12H2,1H3,(H2,19,22)(H2,20,23,24);1H. The Kier molecular flexibility index (Phi) is 9.20. The Morgan fingerprint density at radius 3 is 2.39 bits per heavy atom. The summed E-state index contributed by atoms with van der Waals surface area (Å²) in [5.74, 6) is 0.431. The summed E-state index contributed by atoms with van der Waals surface area (Å²) in [7, 11) is -2.16. The number of amides is 1. The highest BCUT2D eigenvalue weighted by Gasteiger charge is 2.11. The van der Waals surface area contributed by atoms with Gasteiger partial charge in [-0.3, -0.25) is 4.79 Å². The van der Waals surface area contributed by atoms with Crippen molar-refractivity contribution < 1.29 is 22.7 Å². The Morgan fingerprint density at radius 2 is 1.82 bits per heavy atom. The van der Waals surface area contributed by atoms with Crippen LogP contribution in [0.2, 0.25) is 0 Å². The summed E-state index contributed by atoms with van der Waals surface area (Å²) in [6.07, 6.45) is 0.701. The summed E-state index contributed by atoms with van der Waals surface area (Å²) < 4.78 is 33.3. The minimum Gasteiger partial charge on any atom is -0.493 e. The third kappa shape index (κ3) is 7.01. The number of para-hydroxylation sites is 1. The number of sulfonamides is 1. The van der Waals surface area contributed by atoms with Crippen molar-refractivity contribution in [1.82, 2.24) is 5.32 Å². The highest BCUT2D eigenvalue weighted by molar-refractivity contribution is 7.89. The third-order valence-corrected chi connectivity index (χ3v) is 4.73. The van der Waals surface area contributed by atoms with Gasteiger partial charge in [0, 0.05) is 12.1 Å². The van der Waals surface area contributed by atoms with Gasteiger partial charge in [-0.05, 0) is 36.7 Å². The van der Waals surface area contributed by atoms with Crippen molar-refractivity contribution in [3.63, 3.8) is 0 Å². The Balaban J connectivity index is 0.00000392. The van der Waals surface area contributed by atoms with Gasteiger partial charge in [0.05, 0.1) is 12.0 Å². The lowest BCUT2D eigenvalue weighted by Crippen LogP contribution is -2.22. The summed E-state index contributed by atoms with van der Waals surface area (Å²) in [4.78, 5) is 11.1. The molecular weight excluding hydrogens is 406 g/mol. The molecule has 2 rings (SSSR count). The van der Waals surface area contributed by atoms with Crippen LogP contribution in [0.1, 0.15) is 11.1 Å². The molecule has 0 atom stereocenters. The maximum absolute atomic E-state index is 11.3. The molecule has 154 valence electrons. The molecule has 8 nitrogen and oxygen atoms in total. The summed E-state index contributed by atoms with van der Waals surface area (Å²) in [5.41, 5.74) is 6.95. The van der Waals surface area contributed by atoms with Crippen LogP contribution in [0.3, 0.4) is 0 Å². The van der Waals surface area contributed by atoms with E-state index >= 15 is 0 Å². The lowest BCUT2D eigenvalue weighted by atomic mass is 10.1. The third-order valence-electron chi connectivity index (χ3n) is 3.80. The number of halogens is 1. The van der Waals surface area contributed by atoms with E-state index in [-0.39, 0.29) is 23.9 Å². The fourth-order valence-corrected chi connectivity index (χ4v) is 2.99. The summed E-state index contributed by atoms with van der Waals surface area (Å²) >= 11 is 0. The van der Waals surface area contributed by atoms with Crippen LogP contribution in [0.5, 0.6) is 11.5 Å². The number of rotatable bonds is 10. The van der Waals surface area contributed by atoms with E-state index in [4.69, 9.17) is 20.3 Å². The second-order valence-corrected chi connectivity index (χ2v) is 7.38. The van der Waals surface area contributed by atoms with Gasteiger partial charge in [0.15, 0.2) is 18.1 Å². The van der Waals surface area contributed by atoms with Gasteiger partial charge in [-0.2, -0.15) is 0 Å². The summed E-state index contributed by atoms with van der Waals surface area (Å²) in [6.45, 7) is 0.922. The smallest absolute Gasteiger partial charge is 0.255 e. The van der Waals surface area contributed by atoms with Crippen molar-refractivity contribution >= 4 is 28.3 Å². The van der Waals surface area contributed by atoms with Crippen LogP contribution < -0.4 is 25.7 Å². The Labute approximate surface area is 170 Å². The molecule has 2 aromatic rings. The topological polar surface area (TPSA) is 134 Å². The van der Waals surface area contributed by atoms with Crippen LogP contribution in [-0.2, 0) is 27.8 Å². The zero-order chi connectivity index (χ0) is 19.9. The van der Waals surface area contributed by atoms with E-state index in [1.54, 1.807) is 18.2 Å². The molecule has 0 radical (unpaired) electrons. The van der Waals surface area contributed by atoms with E-state index in [1.807, 2.05) is 12.1 Å². The molecule has 1 amide bonds. The maximum Gasteiger partial charge on any atom is 0.255 e. The minimum atomic E-state index is -3.68. The molecule has 0 spiro atoms. The highest BCUT2D eigenvalue weighted by Crippen LogP contribution is 2.31. The molecule has 0 saturated carbocycles. The maximum atomic E-state index is 11.3. The lowest BCUT2D eigenvalue weighted by molar-refractivity contribution is -0.119. The second-order valence-electron chi connectivity index (χ2n) is 5.82. The molecule has 0 saturated heterocycles. The molecule has 5 N–H and O–H groups in total. The van der Waals surface area contributed by atoms with Gasteiger partial charge >= 0.3 is 0 Å². The van der Waals surface area contributed by atoms with Crippen LogP contribution in [0.4, 0.5) is 0 Å². The Bertz CT molecular complexity index is 889. The Morgan fingerprint density at radius 1 is 1.14 bits per heavy atom. The van der Waals surface area contributed by atoms with Gasteiger partial charge in [0.1, 0.15) is 0 Å². The number of hydrogen-bond acceptors (Lipinski definition) is 6. The number of nitrogens with two attached hydrogens (primary N) is 2. The first-order valence-electron chi connectivity index (χ1n) is 8.20. The van der Waals surface area contributed by atoms with E-state index < -0.39 is 15.9 Å². The van der Waals surface area contributed by atoms with Crippen LogP contribution in [-0.4, -0.2) is 34.6 Å². The number of ether oxygens (including phenoxy) is 2. The number of primary sulfonamides is 1. The minimum absolute atomic E-state index is 0. The van der Waals surface area contributed by atoms with Crippen molar-refractivity contribution in [1.29, 1.82) is 0 Å². The molecule has 0 aromatic heterocycles. The van der Waals surface area contributed by atoms with Crippen molar-refractivity contribution in [2.45, 2.75) is 17.9 Å². The first-order chi connectivity index (χ1) is 12.8. The number of methoxy groups -OCH3 is 1. The van der Waals surface area contributed by atoms with Crippen LogP contribution in [0.25, 0.3) is 0 Å². The van der Waals surface area contributed by atoms with Crippen molar-refractivity contribution in [3.05, 3.63) is 53.6 Å². The fourth-order valence-electron chi connectivity index (χ4n) is 2.47. The average molecular weight is 430 g/mol. The van der Waals surface area contributed by atoms with E-state index in [0.717, 1.165) is 11.1 Å². The van der Waals surface area contributed by atoms with Gasteiger partial charge in [0.25, 0.3) is 5.91 Å². The number of carbonyl (C=O) groups excluding carboxylic acids is 1. The molecule has 2 aromatic carbocycles. The molecule has 0 unspecified atom stereocenters. The van der Waals surface area contributed by atoms with E-state index in [1.165, 1.54) is 19.2 Å². The van der Waals surface area contributed by atoms with Crippen molar-refractivity contribution in [3.8, 4) is 11.5 Å². The number of nitrogens with one attached hydrogen (secondary N) is 1. The molecule has 0 aliphatic carbocycles. The van der Waals surface area contributed by atoms with Crippen LogP contribution in [0.15, 0.2) is 47.4 Å². The van der Waals surface area contributed by atoms with E-state index in [2.05, 4.69) is 5.32 Å². The molecular formula is C18H24ClN3O5S. The average Bonchev–Trinajstić information content (AvgIpc) is 2.63. The van der Waals surface area contributed by atoms with Gasteiger partial charge < -0.3 is 20.5 Å². The molecule has 0 heterocycles. The lowest BCUT2D eigenvalue weighted by Gasteiger charge is -2.14. The number of hydrogen-bond donors (Lipinski definition) is 3. The SMILES string of the molecule is COc1cccc(CNCCc2ccc(S(N)(=O)=O)cc2)c1OCC(N)=O.Cl. The molecule has 0 fully saturated rings. The first-order valence-corrected chi connectivity index (χ1v) is 9.75. The predicted octanol–water partition coefficient (Wildman–Crippen LogP) is 0.961. The molecule has 0 bridgehead atoms. The zero-order valence-electron chi connectivity index (χ0n) is 15.4. The van der Waals surface area contributed by atoms with Crippen LogP contribution >= 0.6 is 12.4 Å². The normalized spacial score (nSPS) is 10.8. The number of carbonyl (C=O) groups is 1. The van der Waals surface area contributed by atoms with Crippen molar-refractivity contribution in [2.75, 3.05) is 20.3 Å². The van der Waals surface area contributed by atoms with E-state index in [0.29, 0.717) is 31.0 Å².